The minimum Gasteiger partial charge on any atom is -0.480 e. The van der Waals surface area contributed by atoms with Crippen LogP contribution in [0.3, 0.4) is 0 Å². The Morgan fingerprint density at radius 2 is 1.41 bits per heavy atom. The molecule has 280 valence electrons. The van der Waals surface area contributed by atoms with Crippen LogP contribution >= 0.6 is 0 Å². The number of hydrogen-bond acceptors (Lipinski definition) is 8. The van der Waals surface area contributed by atoms with Gasteiger partial charge in [0.15, 0.2) is 0 Å². The monoisotopic (exact) mass is 707 g/mol. The summed E-state index contributed by atoms with van der Waals surface area (Å²) in [4.78, 5) is 67.7. The number of aliphatic carboxylic acids is 1. The van der Waals surface area contributed by atoms with Gasteiger partial charge in [0.1, 0.15) is 23.7 Å². The minimum atomic E-state index is -1.40. The highest BCUT2D eigenvalue weighted by atomic mass is 16.4. The number of carboxylic acids is 1. The molecule has 51 heavy (non-hydrogen) atoms. The maximum Gasteiger partial charge on any atom is 0.323 e. The van der Waals surface area contributed by atoms with E-state index in [0.29, 0.717) is 38.8 Å². The third-order valence-corrected chi connectivity index (χ3v) is 9.33. The maximum atomic E-state index is 13.9. The van der Waals surface area contributed by atoms with Crippen LogP contribution in [0.5, 0.6) is 0 Å². The molecule has 0 saturated carbocycles. The number of hydrogen-bond donors (Lipinski definition) is 7. The van der Waals surface area contributed by atoms with E-state index in [2.05, 4.69) is 28.2 Å². The Morgan fingerprint density at radius 3 is 2.00 bits per heavy atom. The van der Waals surface area contributed by atoms with Crippen LogP contribution in [0.2, 0.25) is 0 Å². The number of piperidine rings is 1. The van der Waals surface area contributed by atoms with E-state index in [0.717, 1.165) is 11.1 Å². The van der Waals surface area contributed by atoms with Crippen molar-refractivity contribution in [2.45, 2.75) is 95.3 Å². The minimum absolute atomic E-state index is 0.00643. The van der Waals surface area contributed by atoms with Gasteiger partial charge in [-0.2, -0.15) is 0 Å². The van der Waals surface area contributed by atoms with Crippen molar-refractivity contribution in [2.24, 2.45) is 17.4 Å². The Bertz CT molecular complexity index is 1420. The van der Waals surface area contributed by atoms with E-state index in [4.69, 9.17) is 11.5 Å². The standard InChI is InChI=1S/C38H57N7O6/c1-26(2)22-31(34(47)43-30(16-10-11-19-39)36(49)45-20-17-38(40,18-21-45)37(50)51)44-35(48)32(23-28-12-6-4-7-13-28)42-33(46)25-41-24-27(3)29-14-8-5-9-15-29/h4-9,12-15,26-27,30-32,41H,10-11,16-25,39-40H2,1-3H3,(H,42,46)(H,43,47)(H,44,48)(H,50,51)/t27-,30+,31-,32+/m0/s1. The van der Waals surface area contributed by atoms with Crippen molar-refractivity contribution in [1.29, 1.82) is 0 Å². The van der Waals surface area contributed by atoms with Crippen LogP contribution in [0.15, 0.2) is 60.7 Å². The summed E-state index contributed by atoms with van der Waals surface area (Å²) < 4.78 is 0. The Morgan fingerprint density at radius 1 is 0.824 bits per heavy atom. The van der Waals surface area contributed by atoms with Crippen molar-refractivity contribution in [1.82, 2.24) is 26.2 Å². The van der Waals surface area contributed by atoms with E-state index in [9.17, 15) is 29.1 Å². The highest BCUT2D eigenvalue weighted by Gasteiger charge is 2.40. The Labute approximate surface area is 301 Å². The number of carbonyl (C=O) groups excluding carboxylic acids is 4. The fraction of sp³-hybridized carbons (Fsp3) is 0.553. The molecule has 2 aromatic carbocycles. The zero-order valence-corrected chi connectivity index (χ0v) is 30.2. The Balaban J connectivity index is 1.71. The molecule has 2 aromatic rings. The number of nitrogens with one attached hydrogen (secondary N) is 4. The first kappa shape index (κ1) is 41.1. The van der Waals surface area contributed by atoms with Crippen LogP contribution in [0, 0.1) is 5.92 Å². The number of nitrogens with zero attached hydrogens (tertiary/aromatic N) is 1. The summed E-state index contributed by atoms with van der Waals surface area (Å²) >= 11 is 0. The van der Waals surface area contributed by atoms with E-state index in [-0.39, 0.29) is 62.5 Å². The number of benzene rings is 2. The van der Waals surface area contributed by atoms with Gasteiger partial charge in [0.25, 0.3) is 0 Å². The highest BCUT2D eigenvalue weighted by molar-refractivity contribution is 5.94. The molecule has 0 aliphatic carbocycles. The summed E-state index contributed by atoms with van der Waals surface area (Å²) in [5.74, 6) is -2.62. The Hall–Kier alpha value is -4.33. The Kier molecular flexibility index (Phi) is 16.5. The number of amides is 4. The van der Waals surface area contributed by atoms with Crippen molar-refractivity contribution in [2.75, 3.05) is 32.7 Å². The van der Waals surface area contributed by atoms with Crippen molar-refractivity contribution >= 4 is 29.6 Å². The molecule has 4 atom stereocenters. The average molecular weight is 708 g/mol. The lowest BCUT2D eigenvalue weighted by molar-refractivity contribution is -0.148. The average Bonchev–Trinajstić information content (AvgIpc) is 3.11. The first-order valence-electron chi connectivity index (χ1n) is 18.0. The largest absolute Gasteiger partial charge is 0.480 e. The zero-order valence-electron chi connectivity index (χ0n) is 30.2. The van der Waals surface area contributed by atoms with Gasteiger partial charge in [-0.15, -0.1) is 0 Å². The number of rotatable bonds is 20. The summed E-state index contributed by atoms with van der Waals surface area (Å²) in [6, 6.07) is 16.5. The highest BCUT2D eigenvalue weighted by Crippen LogP contribution is 2.21. The smallest absolute Gasteiger partial charge is 0.323 e. The number of likely N-dealkylation sites (tertiary alicyclic amines) is 1. The fourth-order valence-corrected chi connectivity index (χ4v) is 6.16. The number of carbonyl (C=O) groups is 5. The second kappa shape index (κ2) is 20.5. The van der Waals surface area contributed by atoms with Crippen molar-refractivity contribution in [3.05, 3.63) is 71.8 Å². The van der Waals surface area contributed by atoms with Crippen LogP contribution in [0.25, 0.3) is 0 Å². The van der Waals surface area contributed by atoms with Crippen LogP contribution in [0.1, 0.15) is 76.3 Å². The van der Waals surface area contributed by atoms with Crippen LogP contribution in [0.4, 0.5) is 0 Å². The maximum absolute atomic E-state index is 13.9. The molecule has 0 radical (unpaired) electrons. The molecule has 1 fully saturated rings. The molecule has 0 aromatic heterocycles. The molecule has 0 unspecified atom stereocenters. The summed E-state index contributed by atoms with van der Waals surface area (Å²) in [7, 11) is 0. The van der Waals surface area contributed by atoms with Gasteiger partial charge >= 0.3 is 5.97 Å². The third-order valence-electron chi connectivity index (χ3n) is 9.33. The molecule has 3 rings (SSSR count). The number of unbranched alkanes of at least 4 members (excludes halogenated alkanes) is 1. The molecular weight excluding hydrogens is 650 g/mol. The van der Waals surface area contributed by atoms with Gasteiger partial charge in [-0.3, -0.25) is 24.0 Å². The number of carboxylic acid groups (broad SMARTS) is 1. The second-order valence-corrected chi connectivity index (χ2v) is 14.1. The van der Waals surface area contributed by atoms with Crippen LogP contribution in [-0.4, -0.2) is 96.0 Å². The zero-order chi connectivity index (χ0) is 37.4. The molecule has 1 aliphatic rings. The van der Waals surface area contributed by atoms with Gasteiger partial charge in [-0.05, 0) is 68.0 Å². The lowest BCUT2D eigenvalue weighted by Crippen LogP contribution is -2.60. The topological polar surface area (TPSA) is 209 Å². The lowest BCUT2D eigenvalue weighted by atomic mass is 9.88. The van der Waals surface area contributed by atoms with Gasteiger partial charge in [0.05, 0.1) is 6.54 Å². The van der Waals surface area contributed by atoms with Gasteiger partial charge in [-0.25, -0.2) is 0 Å². The molecule has 1 aliphatic heterocycles. The predicted molar refractivity (Wildman–Crippen MR) is 196 cm³/mol. The quantitative estimate of drug-likeness (QED) is 0.0997. The molecule has 13 nitrogen and oxygen atoms in total. The summed E-state index contributed by atoms with van der Waals surface area (Å²) in [6.07, 6.45) is 2.27. The SMILES string of the molecule is CC(C)C[C@H](NC(=O)[C@@H](Cc1ccccc1)NC(=O)CNC[C@H](C)c1ccccc1)C(=O)N[C@H](CCCCN)C(=O)N1CCC(N)(C(=O)O)CC1. The van der Waals surface area contributed by atoms with Crippen LogP contribution in [-0.2, 0) is 30.4 Å². The van der Waals surface area contributed by atoms with E-state index in [1.54, 1.807) is 0 Å². The van der Waals surface area contributed by atoms with E-state index in [1.165, 1.54) is 4.90 Å². The van der Waals surface area contributed by atoms with Crippen LogP contribution < -0.4 is 32.7 Å². The lowest BCUT2D eigenvalue weighted by Gasteiger charge is -2.38. The molecule has 0 spiro atoms. The van der Waals surface area contributed by atoms with Gasteiger partial charge in [-0.1, -0.05) is 81.4 Å². The first-order chi connectivity index (χ1) is 24.3. The van der Waals surface area contributed by atoms with Crippen molar-refractivity contribution < 1.29 is 29.1 Å². The number of nitrogens with two attached hydrogens (primary N) is 2. The van der Waals surface area contributed by atoms with Gasteiger partial charge in [0.2, 0.25) is 23.6 Å². The van der Waals surface area contributed by atoms with Crippen molar-refractivity contribution in [3.8, 4) is 0 Å². The summed E-state index contributed by atoms with van der Waals surface area (Å²) in [5, 5.41) is 21.3. The third kappa shape index (κ3) is 13.4. The molecule has 1 heterocycles. The fourth-order valence-electron chi connectivity index (χ4n) is 6.16. The molecule has 0 bridgehead atoms. The summed E-state index contributed by atoms with van der Waals surface area (Å²) in [6.45, 7) is 7.22. The van der Waals surface area contributed by atoms with E-state index >= 15 is 0 Å². The molecular formula is C38H57N7O6. The van der Waals surface area contributed by atoms with Gasteiger partial charge in [0, 0.05) is 26.1 Å². The second-order valence-electron chi connectivity index (χ2n) is 14.1. The molecule has 13 heteroatoms. The summed E-state index contributed by atoms with van der Waals surface area (Å²) in [5.41, 5.74) is 12.3. The molecule has 4 amide bonds. The molecule has 9 N–H and O–H groups in total. The predicted octanol–water partition coefficient (Wildman–Crippen LogP) is 1.66. The van der Waals surface area contributed by atoms with Crippen molar-refractivity contribution in [3.63, 3.8) is 0 Å². The normalized spacial score (nSPS) is 16.4. The van der Waals surface area contributed by atoms with E-state index in [1.807, 2.05) is 74.5 Å². The molecule has 1 saturated heterocycles. The van der Waals surface area contributed by atoms with E-state index < -0.39 is 41.4 Å². The van der Waals surface area contributed by atoms with Gasteiger partial charge < -0.3 is 42.7 Å². The first-order valence-corrected chi connectivity index (χ1v) is 18.0.